The van der Waals surface area contributed by atoms with Crippen molar-refractivity contribution in [3.63, 3.8) is 0 Å². The van der Waals surface area contributed by atoms with Crippen molar-refractivity contribution in [3.8, 4) is 0 Å². The second-order valence-electron chi connectivity index (χ2n) is 7.18. The number of amides is 2. The molecule has 0 aliphatic carbocycles. The predicted molar refractivity (Wildman–Crippen MR) is 105 cm³/mol. The number of carbonyl (C=O) groups is 2. The fourth-order valence-electron chi connectivity index (χ4n) is 3.83. The van der Waals surface area contributed by atoms with Crippen LogP contribution in [0.4, 0.5) is 5.69 Å². The van der Waals surface area contributed by atoms with Crippen LogP contribution in [0.15, 0.2) is 42.5 Å². The number of piperazine rings is 1. The van der Waals surface area contributed by atoms with E-state index in [1.165, 1.54) is 0 Å². The van der Waals surface area contributed by atoms with Gasteiger partial charge in [-0.25, -0.2) is 0 Å². The van der Waals surface area contributed by atoms with Gasteiger partial charge in [-0.15, -0.1) is 0 Å². The topological polar surface area (TPSA) is 61.9 Å². The Morgan fingerprint density at radius 1 is 1.04 bits per heavy atom. The minimum absolute atomic E-state index is 0.0229. The lowest BCUT2D eigenvalue weighted by atomic mass is 10.1. The molecule has 1 N–H and O–H groups in total. The fourth-order valence-corrected chi connectivity index (χ4v) is 3.83. The summed E-state index contributed by atoms with van der Waals surface area (Å²) in [5, 5.41) is 5.18. The largest absolute Gasteiger partial charge is 0.368 e. The van der Waals surface area contributed by atoms with Gasteiger partial charge >= 0.3 is 0 Å². The Hall–Kier alpha value is -2.44. The third-order valence-corrected chi connectivity index (χ3v) is 5.32. The van der Waals surface area contributed by atoms with E-state index in [1.807, 2.05) is 47.4 Å². The lowest BCUT2D eigenvalue weighted by molar-refractivity contribution is -0.142. The van der Waals surface area contributed by atoms with Gasteiger partial charge in [0.2, 0.25) is 5.91 Å². The van der Waals surface area contributed by atoms with Gasteiger partial charge in [0.05, 0.1) is 6.54 Å². The summed E-state index contributed by atoms with van der Waals surface area (Å²) in [5.41, 5.74) is 0.838. The van der Waals surface area contributed by atoms with Crippen LogP contribution in [0.25, 0.3) is 10.8 Å². The zero-order chi connectivity index (χ0) is 18.6. The Morgan fingerprint density at radius 2 is 1.81 bits per heavy atom. The van der Waals surface area contributed by atoms with Crippen molar-refractivity contribution >= 4 is 28.3 Å². The summed E-state index contributed by atoms with van der Waals surface area (Å²) in [6.07, 6.45) is 1.53. The molecule has 2 fully saturated rings. The first-order valence-electron chi connectivity index (χ1n) is 9.61. The highest BCUT2D eigenvalue weighted by Gasteiger charge is 2.30. The summed E-state index contributed by atoms with van der Waals surface area (Å²) < 4.78 is 5.49. The molecule has 142 valence electrons. The van der Waals surface area contributed by atoms with E-state index in [-0.39, 0.29) is 17.9 Å². The molecule has 0 spiro atoms. The molecule has 27 heavy (non-hydrogen) atoms. The number of nitrogens with zero attached hydrogens (tertiary/aromatic N) is 2. The van der Waals surface area contributed by atoms with Crippen LogP contribution in [-0.4, -0.2) is 67.0 Å². The Morgan fingerprint density at radius 3 is 2.59 bits per heavy atom. The Bertz CT molecular complexity index is 819. The Balaban J connectivity index is 1.30. The van der Waals surface area contributed by atoms with Crippen LogP contribution in [0.5, 0.6) is 0 Å². The highest BCUT2D eigenvalue weighted by atomic mass is 16.5. The summed E-state index contributed by atoms with van der Waals surface area (Å²) in [6, 6.07) is 13.9. The monoisotopic (exact) mass is 367 g/mol. The van der Waals surface area contributed by atoms with Crippen molar-refractivity contribution in [3.05, 3.63) is 42.5 Å². The minimum atomic E-state index is -0.258. The number of hydrogen-bond donors (Lipinski definition) is 1. The van der Waals surface area contributed by atoms with Gasteiger partial charge in [0.1, 0.15) is 6.10 Å². The highest BCUT2D eigenvalue weighted by Crippen LogP contribution is 2.23. The smallest absolute Gasteiger partial charge is 0.251 e. The number of benzene rings is 2. The molecule has 2 aliphatic rings. The summed E-state index contributed by atoms with van der Waals surface area (Å²) in [4.78, 5) is 28.9. The van der Waals surface area contributed by atoms with Crippen molar-refractivity contribution in [2.45, 2.75) is 18.9 Å². The van der Waals surface area contributed by atoms with E-state index in [1.54, 1.807) is 0 Å². The van der Waals surface area contributed by atoms with Crippen LogP contribution in [0.3, 0.4) is 0 Å². The molecule has 0 saturated carbocycles. The summed E-state index contributed by atoms with van der Waals surface area (Å²) in [5.74, 6) is 0.0811. The summed E-state index contributed by atoms with van der Waals surface area (Å²) >= 11 is 0. The number of carbonyl (C=O) groups excluding carboxylic acids is 2. The lowest BCUT2D eigenvalue weighted by Gasteiger charge is -2.35. The van der Waals surface area contributed by atoms with Crippen molar-refractivity contribution in [2.24, 2.45) is 0 Å². The molecule has 0 aromatic heterocycles. The van der Waals surface area contributed by atoms with Crippen molar-refractivity contribution in [1.82, 2.24) is 9.80 Å². The Kier molecular flexibility index (Phi) is 5.36. The van der Waals surface area contributed by atoms with Gasteiger partial charge in [0.25, 0.3) is 5.91 Å². The number of hydrogen-bond acceptors (Lipinski definition) is 4. The first kappa shape index (κ1) is 17.9. The molecule has 0 unspecified atom stereocenters. The molecule has 4 rings (SSSR count). The maximum Gasteiger partial charge on any atom is 0.251 e. The van der Waals surface area contributed by atoms with Gasteiger partial charge in [-0.2, -0.15) is 0 Å². The molecule has 2 saturated heterocycles. The van der Waals surface area contributed by atoms with E-state index in [9.17, 15) is 9.59 Å². The normalized spacial score (nSPS) is 20.7. The molecule has 6 nitrogen and oxygen atoms in total. The van der Waals surface area contributed by atoms with Crippen LogP contribution in [0.2, 0.25) is 0 Å². The van der Waals surface area contributed by atoms with E-state index >= 15 is 0 Å². The molecule has 2 heterocycles. The second-order valence-corrected chi connectivity index (χ2v) is 7.18. The van der Waals surface area contributed by atoms with Gasteiger partial charge in [-0.1, -0.05) is 36.4 Å². The van der Waals surface area contributed by atoms with Gasteiger partial charge in [0.15, 0.2) is 0 Å². The number of anilines is 1. The maximum atomic E-state index is 12.5. The number of nitrogens with one attached hydrogen (secondary N) is 1. The molecule has 2 aromatic rings. The Labute approximate surface area is 159 Å². The molecule has 2 amide bonds. The lowest BCUT2D eigenvalue weighted by Crippen LogP contribution is -2.52. The van der Waals surface area contributed by atoms with Crippen LogP contribution < -0.4 is 5.32 Å². The SMILES string of the molecule is O=C(CN1CCN(C(=O)[C@H]2CCCO2)CC1)Nc1cccc2ccccc12. The van der Waals surface area contributed by atoms with E-state index < -0.39 is 0 Å². The molecule has 6 heteroatoms. The maximum absolute atomic E-state index is 12.5. The molecule has 1 atom stereocenters. The average Bonchev–Trinajstić information content (AvgIpc) is 3.23. The van der Waals surface area contributed by atoms with Crippen molar-refractivity contribution < 1.29 is 14.3 Å². The van der Waals surface area contributed by atoms with Gasteiger partial charge in [-0.05, 0) is 24.3 Å². The third-order valence-electron chi connectivity index (χ3n) is 5.32. The standard InChI is InChI=1S/C21H25N3O3/c25-20(22-18-8-3-6-16-5-1-2-7-17(16)18)15-23-10-12-24(13-11-23)21(26)19-9-4-14-27-19/h1-3,5-8,19H,4,9-15H2,(H,22,25)/t19-/m1/s1. The number of fused-ring (bicyclic) bond motifs is 1. The predicted octanol–water partition coefficient (Wildman–Crippen LogP) is 2.10. The molecule has 0 radical (unpaired) electrons. The van der Waals surface area contributed by atoms with Crippen LogP contribution in [0, 0.1) is 0 Å². The third kappa shape index (κ3) is 4.12. The zero-order valence-electron chi connectivity index (χ0n) is 15.4. The average molecular weight is 367 g/mol. The van der Waals surface area contributed by atoms with E-state index in [2.05, 4.69) is 10.2 Å². The van der Waals surface area contributed by atoms with Crippen LogP contribution in [0.1, 0.15) is 12.8 Å². The van der Waals surface area contributed by atoms with Crippen molar-refractivity contribution in [1.29, 1.82) is 0 Å². The van der Waals surface area contributed by atoms with Gasteiger partial charge in [-0.3, -0.25) is 14.5 Å². The summed E-state index contributed by atoms with van der Waals surface area (Å²) in [7, 11) is 0. The van der Waals surface area contributed by atoms with E-state index in [0.29, 0.717) is 39.3 Å². The number of ether oxygens (including phenoxy) is 1. The fraction of sp³-hybridized carbons (Fsp3) is 0.429. The molecular weight excluding hydrogens is 342 g/mol. The summed E-state index contributed by atoms with van der Waals surface area (Å²) in [6.45, 7) is 3.75. The van der Waals surface area contributed by atoms with Crippen molar-refractivity contribution in [2.75, 3.05) is 44.6 Å². The van der Waals surface area contributed by atoms with Gasteiger partial charge < -0.3 is 15.0 Å². The molecular formula is C21H25N3O3. The van der Waals surface area contributed by atoms with E-state index in [0.717, 1.165) is 29.3 Å². The van der Waals surface area contributed by atoms with Crippen LogP contribution >= 0.6 is 0 Å². The first-order chi connectivity index (χ1) is 13.2. The molecule has 2 aliphatic heterocycles. The van der Waals surface area contributed by atoms with E-state index in [4.69, 9.17) is 4.74 Å². The van der Waals surface area contributed by atoms with Gasteiger partial charge in [0, 0.05) is 43.9 Å². The highest BCUT2D eigenvalue weighted by molar-refractivity contribution is 6.02. The number of rotatable bonds is 4. The van der Waals surface area contributed by atoms with Crippen LogP contribution in [-0.2, 0) is 14.3 Å². The minimum Gasteiger partial charge on any atom is -0.368 e. The molecule has 0 bridgehead atoms. The quantitative estimate of drug-likeness (QED) is 0.899. The first-order valence-corrected chi connectivity index (χ1v) is 9.61. The molecule has 2 aromatic carbocycles. The zero-order valence-corrected chi connectivity index (χ0v) is 15.4. The second kappa shape index (κ2) is 8.06.